The standard InChI is InChI=1S/C37H39ClN4O4/c38-37-40-36(39-29-18-10-11-19-29)31-21-20-30(42(31)41-37)33-35(45-24-28-16-8-3-9-17-28)34(44-23-27-14-6-2-7-15-27)32(46-33)25-43-22-26-12-4-1-5-13-26/h1-9,12-17,20-21,29,32-35H,10-11,18-19,22-25H2,(H,39,40,41)/t32-,33+,34-,35+/m1/s1. The number of nitrogens with zero attached hydrogens (tertiary/aromatic N) is 3. The van der Waals surface area contributed by atoms with Crippen molar-refractivity contribution >= 4 is 22.9 Å². The zero-order valence-electron chi connectivity index (χ0n) is 25.7. The van der Waals surface area contributed by atoms with Crippen LogP contribution in [0.15, 0.2) is 103 Å². The van der Waals surface area contributed by atoms with E-state index in [2.05, 4.69) is 51.8 Å². The van der Waals surface area contributed by atoms with Crippen LogP contribution < -0.4 is 5.32 Å². The number of nitrogens with one attached hydrogen (secondary N) is 1. The van der Waals surface area contributed by atoms with Gasteiger partial charge in [0.1, 0.15) is 29.9 Å². The lowest BCUT2D eigenvalue weighted by Gasteiger charge is -2.25. The van der Waals surface area contributed by atoms with E-state index in [9.17, 15) is 0 Å². The smallest absolute Gasteiger partial charge is 0.243 e. The first-order valence-corrected chi connectivity index (χ1v) is 16.5. The molecule has 2 aliphatic rings. The van der Waals surface area contributed by atoms with Crippen LogP contribution in [0.2, 0.25) is 5.28 Å². The Morgan fingerprint density at radius 1 is 0.739 bits per heavy atom. The number of aromatic nitrogens is 3. The molecule has 46 heavy (non-hydrogen) atoms. The van der Waals surface area contributed by atoms with Crippen LogP contribution in [0.25, 0.3) is 5.52 Å². The van der Waals surface area contributed by atoms with Gasteiger partial charge in [-0.1, -0.05) is 104 Å². The summed E-state index contributed by atoms with van der Waals surface area (Å²) in [6, 6.07) is 34.9. The van der Waals surface area contributed by atoms with Gasteiger partial charge in [0.2, 0.25) is 5.28 Å². The Morgan fingerprint density at radius 3 is 1.96 bits per heavy atom. The minimum Gasteiger partial charge on any atom is -0.374 e. The van der Waals surface area contributed by atoms with Crippen LogP contribution in [0, 0.1) is 0 Å². The molecule has 5 aromatic rings. The van der Waals surface area contributed by atoms with Gasteiger partial charge in [0.25, 0.3) is 0 Å². The van der Waals surface area contributed by atoms with Crippen molar-refractivity contribution in [2.24, 2.45) is 0 Å². The fourth-order valence-electron chi connectivity index (χ4n) is 6.46. The fraction of sp³-hybridized carbons (Fsp3) is 0.351. The second-order valence-electron chi connectivity index (χ2n) is 12.0. The molecule has 4 atom stereocenters. The maximum absolute atomic E-state index is 6.85. The van der Waals surface area contributed by atoms with Gasteiger partial charge in [0.15, 0.2) is 5.82 Å². The number of fused-ring (bicyclic) bond motifs is 1. The number of hydrogen-bond donors (Lipinski definition) is 1. The lowest BCUT2D eigenvalue weighted by molar-refractivity contribution is -0.0898. The molecule has 8 nitrogen and oxygen atoms in total. The van der Waals surface area contributed by atoms with Gasteiger partial charge in [-0.15, -0.1) is 5.10 Å². The second kappa shape index (κ2) is 14.8. The largest absolute Gasteiger partial charge is 0.374 e. The minimum absolute atomic E-state index is 0.171. The van der Waals surface area contributed by atoms with E-state index in [0.717, 1.165) is 46.6 Å². The van der Waals surface area contributed by atoms with E-state index >= 15 is 0 Å². The number of anilines is 1. The normalized spacial score (nSPS) is 21.7. The molecule has 0 unspecified atom stereocenters. The summed E-state index contributed by atoms with van der Waals surface area (Å²) in [5.74, 6) is 0.734. The van der Waals surface area contributed by atoms with Crippen LogP contribution in [0.3, 0.4) is 0 Å². The van der Waals surface area contributed by atoms with Gasteiger partial charge in [0.05, 0.1) is 32.1 Å². The van der Waals surface area contributed by atoms with Crippen LogP contribution in [0.5, 0.6) is 0 Å². The molecule has 1 aliphatic carbocycles. The summed E-state index contributed by atoms with van der Waals surface area (Å²) in [6.07, 6.45) is 2.91. The highest BCUT2D eigenvalue weighted by molar-refractivity contribution is 6.28. The van der Waals surface area contributed by atoms with Crippen LogP contribution >= 0.6 is 11.6 Å². The molecule has 2 fully saturated rings. The van der Waals surface area contributed by atoms with Crippen molar-refractivity contribution in [2.75, 3.05) is 11.9 Å². The quantitative estimate of drug-likeness (QED) is 0.143. The van der Waals surface area contributed by atoms with Gasteiger partial charge in [-0.05, 0) is 53.3 Å². The first kappa shape index (κ1) is 30.8. The van der Waals surface area contributed by atoms with E-state index < -0.39 is 24.4 Å². The Labute approximate surface area is 274 Å². The summed E-state index contributed by atoms with van der Waals surface area (Å²) in [5.41, 5.74) is 4.92. The van der Waals surface area contributed by atoms with Gasteiger partial charge in [-0.3, -0.25) is 0 Å². The lowest BCUT2D eigenvalue weighted by Crippen LogP contribution is -2.38. The summed E-state index contributed by atoms with van der Waals surface area (Å²) in [4.78, 5) is 4.57. The van der Waals surface area contributed by atoms with Crippen molar-refractivity contribution in [1.82, 2.24) is 14.6 Å². The first-order valence-electron chi connectivity index (χ1n) is 16.1. The monoisotopic (exact) mass is 638 g/mol. The molecule has 0 spiro atoms. The van der Waals surface area contributed by atoms with Crippen molar-refractivity contribution in [3.63, 3.8) is 0 Å². The maximum atomic E-state index is 6.85. The number of hydrogen-bond acceptors (Lipinski definition) is 7. The first-order chi connectivity index (χ1) is 22.7. The Balaban J connectivity index is 1.20. The highest BCUT2D eigenvalue weighted by Gasteiger charge is 2.48. The molecule has 3 heterocycles. The van der Waals surface area contributed by atoms with Gasteiger partial charge < -0.3 is 24.3 Å². The zero-order valence-corrected chi connectivity index (χ0v) is 26.5. The minimum atomic E-state index is -0.498. The van der Waals surface area contributed by atoms with E-state index in [0.29, 0.717) is 32.5 Å². The van der Waals surface area contributed by atoms with Crippen molar-refractivity contribution in [3.05, 3.63) is 131 Å². The predicted molar refractivity (Wildman–Crippen MR) is 178 cm³/mol. The molecular weight excluding hydrogens is 600 g/mol. The van der Waals surface area contributed by atoms with Crippen molar-refractivity contribution in [3.8, 4) is 0 Å². The third-order valence-corrected chi connectivity index (χ3v) is 8.94. The number of benzene rings is 3. The molecule has 1 N–H and O–H groups in total. The summed E-state index contributed by atoms with van der Waals surface area (Å²) in [6.45, 7) is 1.63. The van der Waals surface area contributed by atoms with Crippen LogP contribution in [0.4, 0.5) is 5.82 Å². The zero-order chi connectivity index (χ0) is 31.1. The van der Waals surface area contributed by atoms with Gasteiger partial charge in [-0.2, -0.15) is 4.98 Å². The van der Waals surface area contributed by atoms with Gasteiger partial charge >= 0.3 is 0 Å². The molecule has 1 saturated heterocycles. The molecule has 2 aromatic heterocycles. The maximum Gasteiger partial charge on any atom is 0.243 e. The third kappa shape index (κ3) is 7.27. The summed E-state index contributed by atoms with van der Waals surface area (Å²) in [5, 5.41) is 8.42. The summed E-state index contributed by atoms with van der Waals surface area (Å²) in [7, 11) is 0. The molecule has 0 amide bonds. The molecular formula is C37H39ClN4O4. The van der Waals surface area contributed by atoms with Crippen LogP contribution in [-0.4, -0.2) is 45.6 Å². The Morgan fingerprint density at radius 2 is 1.33 bits per heavy atom. The lowest BCUT2D eigenvalue weighted by atomic mass is 10.0. The Bertz CT molecular complexity index is 1680. The predicted octanol–water partition coefficient (Wildman–Crippen LogP) is 7.56. The fourth-order valence-corrected chi connectivity index (χ4v) is 6.62. The molecule has 1 aliphatic heterocycles. The molecule has 7 rings (SSSR count). The van der Waals surface area contributed by atoms with E-state index in [-0.39, 0.29) is 5.28 Å². The van der Waals surface area contributed by atoms with Crippen LogP contribution in [-0.2, 0) is 38.8 Å². The van der Waals surface area contributed by atoms with Crippen molar-refractivity contribution < 1.29 is 18.9 Å². The average Bonchev–Trinajstić information content (AvgIpc) is 3.84. The third-order valence-electron chi connectivity index (χ3n) is 8.78. The van der Waals surface area contributed by atoms with Crippen LogP contribution in [0.1, 0.15) is 54.2 Å². The molecule has 9 heteroatoms. The van der Waals surface area contributed by atoms with E-state index in [1.807, 2.05) is 71.2 Å². The summed E-state index contributed by atoms with van der Waals surface area (Å²) >= 11 is 6.52. The van der Waals surface area contributed by atoms with E-state index in [1.165, 1.54) is 12.8 Å². The topological polar surface area (TPSA) is 79.1 Å². The number of ether oxygens (including phenoxy) is 4. The SMILES string of the molecule is Clc1nc(NC2CCCC2)c2ccc([C@@H]3O[C@H](COCc4ccccc4)[C@@H](OCc4ccccc4)[C@H]3OCc3ccccc3)n2n1. The molecule has 1 saturated carbocycles. The van der Waals surface area contributed by atoms with E-state index in [4.69, 9.17) is 30.5 Å². The Hall–Kier alpha value is -3.79. The second-order valence-corrected chi connectivity index (χ2v) is 12.4. The number of halogens is 1. The highest BCUT2D eigenvalue weighted by atomic mass is 35.5. The molecule has 0 radical (unpaired) electrons. The molecule has 3 aromatic carbocycles. The van der Waals surface area contributed by atoms with Gasteiger partial charge in [0, 0.05) is 6.04 Å². The molecule has 0 bridgehead atoms. The number of rotatable bonds is 13. The highest BCUT2D eigenvalue weighted by Crippen LogP contribution is 2.40. The van der Waals surface area contributed by atoms with Crippen molar-refractivity contribution in [1.29, 1.82) is 0 Å². The van der Waals surface area contributed by atoms with E-state index in [1.54, 1.807) is 0 Å². The molecule has 238 valence electrons. The summed E-state index contributed by atoms with van der Waals surface area (Å²) < 4.78 is 28.3. The van der Waals surface area contributed by atoms with Gasteiger partial charge in [-0.25, -0.2) is 4.52 Å². The average molecular weight is 639 g/mol. The Kier molecular flexibility index (Phi) is 9.89. The van der Waals surface area contributed by atoms with Crippen molar-refractivity contribution in [2.45, 2.75) is 76.0 Å².